The van der Waals surface area contributed by atoms with E-state index >= 15 is 0 Å². The first kappa shape index (κ1) is 19.4. The van der Waals surface area contributed by atoms with Crippen LogP contribution in [0.4, 0.5) is 10.1 Å². The van der Waals surface area contributed by atoms with Gasteiger partial charge in [-0.15, -0.1) is 0 Å². The van der Waals surface area contributed by atoms with Crippen molar-refractivity contribution in [2.75, 3.05) is 25.0 Å². The highest BCUT2D eigenvalue weighted by atomic mass is 19.1. The lowest BCUT2D eigenvalue weighted by Crippen LogP contribution is -2.50. The van der Waals surface area contributed by atoms with E-state index in [9.17, 15) is 14.0 Å². The van der Waals surface area contributed by atoms with Gasteiger partial charge in [-0.2, -0.15) is 0 Å². The zero-order valence-corrected chi connectivity index (χ0v) is 15.1. The van der Waals surface area contributed by atoms with E-state index in [2.05, 4.69) is 5.32 Å². The molecule has 0 spiro atoms. The Balaban J connectivity index is 1.92. The van der Waals surface area contributed by atoms with Crippen molar-refractivity contribution in [3.8, 4) is 0 Å². The highest BCUT2D eigenvalue weighted by Gasteiger charge is 2.38. The lowest BCUT2D eigenvalue weighted by molar-refractivity contribution is -0.144. The predicted octanol–water partition coefficient (Wildman–Crippen LogP) is 2.77. The second kappa shape index (κ2) is 8.43. The number of hydrogen-bond donors (Lipinski definition) is 2. The van der Waals surface area contributed by atoms with Gasteiger partial charge in [0.1, 0.15) is 5.82 Å². The van der Waals surface area contributed by atoms with E-state index in [4.69, 9.17) is 5.73 Å². The molecule has 0 aromatic heterocycles. The molecule has 3 N–H and O–H groups in total. The first-order chi connectivity index (χ1) is 12.0. The molecule has 6 heteroatoms. The van der Waals surface area contributed by atoms with Crippen molar-refractivity contribution in [2.45, 2.75) is 39.5 Å². The Morgan fingerprint density at radius 1 is 1.28 bits per heavy atom. The smallest absolute Gasteiger partial charge is 0.230 e. The number of likely N-dealkylation sites (tertiary alicyclic amines) is 1. The maximum atomic E-state index is 13.2. The monoisotopic (exact) mass is 349 g/mol. The fourth-order valence-electron chi connectivity index (χ4n) is 3.42. The molecule has 1 aliphatic rings. The van der Waals surface area contributed by atoms with Crippen molar-refractivity contribution in [3.63, 3.8) is 0 Å². The number of nitrogens with zero attached hydrogens (tertiary/aromatic N) is 1. The van der Waals surface area contributed by atoms with E-state index in [0.717, 1.165) is 12.8 Å². The first-order valence-electron chi connectivity index (χ1n) is 9.01. The van der Waals surface area contributed by atoms with E-state index in [0.29, 0.717) is 38.2 Å². The Hall–Kier alpha value is -1.95. The number of hydrogen-bond acceptors (Lipinski definition) is 3. The van der Waals surface area contributed by atoms with Crippen molar-refractivity contribution in [3.05, 3.63) is 30.1 Å². The average Bonchev–Trinajstić information content (AvgIpc) is 2.63. The van der Waals surface area contributed by atoms with Crippen LogP contribution in [0.1, 0.15) is 39.5 Å². The molecule has 0 atom stereocenters. The molecule has 5 nitrogen and oxygen atoms in total. The van der Waals surface area contributed by atoms with Crippen LogP contribution in [0.2, 0.25) is 0 Å². The standard InChI is InChI=1S/C19H28FN3O2/c1-3-19(4-2,13-21)18(25)23-10-8-14(9-11-23)17(24)22-16-7-5-6-15(20)12-16/h5-7,12,14H,3-4,8-11,13,21H2,1-2H3,(H,22,24). The zero-order chi connectivity index (χ0) is 18.4. The Labute approximate surface area is 148 Å². The predicted molar refractivity (Wildman–Crippen MR) is 96.4 cm³/mol. The van der Waals surface area contributed by atoms with E-state index in [1.54, 1.807) is 12.1 Å². The second-order valence-electron chi connectivity index (χ2n) is 6.76. The number of benzene rings is 1. The Bertz CT molecular complexity index is 600. The summed E-state index contributed by atoms with van der Waals surface area (Å²) in [5.41, 5.74) is 5.84. The minimum absolute atomic E-state index is 0.101. The van der Waals surface area contributed by atoms with Crippen molar-refractivity contribution < 1.29 is 14.0 Å². The van der Waals surface area contributed by atoms with Crippen molar-refractivity contribution in [1.82, 2.24) is 4.90 Å². The molecule has 1 aromatic rings. The summed E-state index contributed by atoms with van der Waals surface area (Å²) < 4.78 is 13.2. The number of amides is 2. The van der Waals surface area contributed by atoms with Crippen LogP contribution in [0.25, 0.3) is 0 Å². The van der Waals surface area contributed by atoms with Crippen LogP contribution in [0.15, 0.2) is 24.3 Å². The van der Waals surface area contributed by atoms with Gasteiger partial charge in [-0.3, -0.25) is 9.59 Å². The number of nitrogens with one attached hydrogen (secondary N) is 1. The molecule has 1 fully saturated rings. The summed E-state index contributed by atoms with van der Waals surface area (Å²) >= 11 is 0. The molecule has 0 radical (unpaired) electrons. The summed E-state index contributed by atoms with van der Waals surface area (Å²) in [7, 11) is 0. The molecule has 1 heterocycles. The maximum Gasteiger partial charge on any atom is 0.230 e. The van der Waals surface area contributed by atoms with E-state index in [1.165, 1.54) is 12.1 Å². The third-order valence-corrected chi connectivity index (χ3v) is 5.44. The van der Waals surface area contributed by atoms with E-state index in [-0.39, 0.29) is 23.5 Å². The molecular formula is C19H28FN3O2. The minimum Gasteiger partial charge on any atom is -0.342 e. The second-order valence-corrected chi connectivity index (χ2v) is 6.76. The Morgan fingerprint density at radius 3 is 2.44 bits per heavy atom. The van der Waals surface area contributed by atoms with Gasteiger partial charge >= 0.3 is 0 Å². The molecule has 0 saturated carbocycles. The van der Waals surface area contributed by atoms with Gasteiger partial charge < -0.3 is 16.0 Å². The number of nitrogens with two attached hydrogens (primary N) is 1. The lowest BCUT2D eigenvalue weighted by Gasteiger charge is -2.38. The highest BCUT2D eigenvalue weighted by molar-refractivity contribution is 5.92. The van der Waals surface area contributed by atoms with Crippen LogP contribution >= 0.6 is 0 Å². The largest absolute Gasteiger partial charge is 0.342 e. The third-order valence-electron chi connectivity index (χ3n) is 5.44. The average molecular weight is 349 g/mol. The van der Waals surface area contributed by atoms with Gasteiger partial charge in [0.2, 0.25) is 11.8 Å². The van der Waals surface area contributed by atoms with E-state index < -0.39 is 5.41 Å². The van der Waals surface area contributed by atoms with Crippen molar-refractivity contribution in [1.29, 1.82) is 0 Å². The van der Waals surface area contributed by atoms with Crippen molar-refractivity contribution in [2.24, 2.45) is 17.1 Å². The van der Waals surface area contributed by atoms with Gasteiger partial charge in [0.25, 0.3) is 0 Å². The Morgan fingerprint density at radius 2 is 1.92 bits per heavy atom. The van der Waals surface area contributed by atoms with Crippen LogP contribution in [-0.4, -0.2) is 36.3 Å². The van der Waals surface area contributed by atoms with Crippen LogP contribution < -0.4 is 11.1 Å². The van der Waals surface area contributed by atoms with Gasteiger partial charge in [-0.05, 0) is 43.9 Å². The first-order valence-corrected chi connectivity index (χ1v) is 9.01. The molecule has 0 bridgehead atoms. The molecule has 0 aliphatic carbocycles. The maximum absolute atomic E-state index is 13.2. The SMILES string of the molecule is CCC(CC)(CN)C(=O)N1CCC(C(=O)Nc2cccc(F)c2)CC1. The van der Waals surface area contributed by atoms with Gasteiger partial charge in [0.05, 0.1) is 5.41 Å². The van der Waals surface area contributed by atoms with Gasteiger partial charge in [-0.25, -0.2) is 4.39 Å². The molecule has 2 amide bonds. The van der Waals surface area contributed by atoms with Crippen LogP contribution in [0.5, 0.6) is 0 Å². The summed E-state index contributed by atoms with van der Waals surface area (Å²) in [6, 6.07) is 5.87. The number of rotatable bonds is 6. The summed E-state index contributed by atoms with van der Waals surface area (Å²) in [6.45, 7) is 5.45. The lowest BCUT2D eigenvalue weighted by atomic mass is 9.80. The molecule has 138 valence electrons. The minimum atomic E-state index is -0.489. The normalized spacial score (nSPS) is 15.9. The van der Waals surface area contributed by atoms with Gasteiger partial charge in [-0.1, -0.05) is 19.9 Å². The molecular weight excluding hydrogens is 321 g/mol. The van der Waals surface area contributed by atoms with Gasteiger partial charge in [0, 0.05) is 31.2 Å². The molecule has 0 unspecified atom stereocenters. The third kappa shape index (κ3) is 4.37. The summed E-state index contributed by atoms with van der Waals surface area (Å²) in [6.07, 6.45) is 2.67. The van der Waals surface area contributed by atoms with E-state index in [1.807, 2.05) is 18.7 Å². The topological polar surface area (TPSA) is 75.4 Å². The number of anilines is 1. The summed E-state index contributed by atoms with van der Waals surface area (Å²) in [5.74, 6) is -0.559. The fraction of sp³-hybridized carbons (Fsp3) is 0.579. The Kier molecular flexibility index (Phi) is 6.53. The van der Waals surface area contributed by atoms with Crippen LogP contribution in [0, 0.1) is 17.2 Å². The summed E-state index contributed by atoms with van der Waals surface area (Å²) in [5, 5.41) is 2.76. The molecule has 1 aliphatic heterocycles. The van der Waals surface area contributed by atoms with Crippen molar-refractivity contribution >= 4 is 17.5 Å². The molecule has 1 saturated heterocycles. The number of piperidine rings is 1. The highest BCUT2D eigenvalue weighted by Crippen LogP contribution is 2.30. The molecule has 2 rings (SSSR count). The van der Waals surface area contributed by atoms with Crippen LogP contribution in [-0.2, 0) is 9.59 Å². The number of halogens is 1. The number of carbonyl (C=O) groups is 2. The van der Waals surface area contributed by atoms with Crippen LogP contribution in [0.3, 0.4) is 0 Å². The van der Waals surface area contributed by atoms with Gasteiger partial charge in [0.15, 0.2) is 0 Å². The summed E-state index contributed by atoms with van der Waals surface area (Å²) in [4.78, 5) is 27.0. The quantitative estimate of drug-likeness (QED) is 0.829. The number of carbonyl (C=O) groups excluding carboxylic acids is 2. The zero-order valence-electron chi connectivity index (χ0n) is 15.1. The fourth-order valence-corrected chi connectivity index (χ4v) is 3.42. The molecule has 25 heavy (non-hydrogen) atoms. The molecule has 1 aromatic carbocycles.